The van der Waals surface area contributed by atoms with Crippen LogP contribution in [0.4, 0.5) is 6.01 Å². The first kappa shape index (κ1) is 14.1. The Hall–Kier alpha value is -1.88. The molecule has 21 heavy (non-hydrogen) atoms. The lowest BCUT2D eigenvalue weighted by molar-refractivity contribution is 0.383. The minimum atomic E-state index is 0.0394. The molecule has 0 bridgehead atoms. The molecule has 0 aliphatic heterocycles. The van der Waals surface area contributed by atoms with E-state index in [0.717, 1.165) is 13.0 Å². The van der Waals surface area contributed by atoms with Gasteiger partial charge in [0.25, 0.3) is 0 Å². The highest BCUT2D eigenvalue weighted by atomic mass is 16.4. The average Bonchev–Trinajstić information content (AvgIpc) is 2.85. The summed E-state index contributed by atoms with van der Waals surface area (Å²) in [6.45, 7) is 7.75. The Morgan fingerprint density at radius 1 is 1.24 bits per heavy atom. The molecule has 0 fully saturated rings. The van der Waals surface area contributed by atoms with Crippen molar-refractivity contribution in [2.24, 2.45) is 0 Å². The molecular weight excluding hydrogens is 264 g/mol. The number of rotatable bonds is 5. The van der Waals surface area contributed by atoms with Gasteiger partial charge in [0.05, 0.1) is 6.54 Å². The molecule has 5 heteroatoms. The molecule has 1 unspecified atom stereocenters. The quantitative estimate of drug-likeness (QED) is 0.885. The van der Waals surface area contributed by atoms with Gasteiger partial charge in [-0.1, -0.05) is 29.4 Å². The zero-order valence-corrected chi connectivity index (χ0v) is 12.8. The van der Waals surface area contributed by atoms with E-state index in [-0.39, 0.29) is 5.54 Å². The van der Waals surface area contributed by atoms with Crippen LogP contribution in [0.3, 0.4) is 0 Å². The fourth-order valence-electron chi connectivity index (χ4n) is 2.49. The van der Waals surface area contributed by atoms with Crippen molar-refractivity contribution in [1.82, 2.24) is 15.5 Å². The van der Waals surface area contributed by atoms with Crippen LogP contribution in [0.1, 0.15) is 43.7 Å². The second kappa shape index (κ2) is 5.48. The molecule has 2 aromatic rings. The van der Waals surface area contributed by atoms with E-state index in [4.69, 9.17) is 4.42 Å². The smallest absolute Gasteiger partial charge is 0.315 e. The van der Waals surface area contributed by atoms with E-state index in [1.165, 1.54) is 11.1 Å². The van der Waals surface area contributed by atoms with E-state index in [1.807, 2.05) is 0 Å². The first-order valence-corrected chi connectivity index (χ1v) is 7.40. The lowest BCUT2D eigenvalue weighted by atomic mass is 9.78. The second-order valence-electron chi connectivity index (χ2n) is 6.59. The van der Waals surface area contributed by atoms with Gasteiger partial charge < -0.3 is 15.1 Å². The van der Waals surface area contributed by atoms with Gasteiger partial charge in [0, 0.05) is 18.0 Å². The summed E-state index contributed by atoms with van der Waals surface area (Å²) in [5.41, 5.74) is 2.92. The van der Waals surface area contributed by atoms with Crippen molar-refractivity contribution in [3.63, 3.8) is 0 Å². The van der Waals surface area contributed by atoms with Gasteiger partial charge in [-0.05, 0) is 38.3 Å². The molecule has 0 saturated heterocycles. The van der Waals surface area contributed by atoms with Crippen LogP contribution in [0.15, 0.2) is 28.7 Å². The van der Waals surface area contributed by atoms with Crippen molar-refractivity contribution in [3.05, 3.63) is 41.3 Å². The Morgan fingerprint density at radius 2 is 2.05 bits per heavy atom. The van der Waals surface area contributed by atoms with Crippen LogP contribution in [-0.4, -0.2) is 22.3 Å². The molecule has 1 aliphatic rings. The molecular formula is C16H22N4O. The van der Waals surface area contributed by atoms with Crippen LogP contribution < -0.4 is 10.6 Å². The molecule has 5 nitrogen and oxygen atoms in total. The van der Waals surface area contributed by atoms with Gasteiger partial charge in [0.2, 0.25) is 5.89 Å². The third-order valence-electron chi connectivity index (χ3n) is 3.70. The Morgan fingerprint density at radius 3 is 2.81 bits per heavy atom. The first-order chi connectivity index (χ1) is 10.0. The molecule has 0 saturated carbocycles. The van der Waals surface area contributed by atoms with E-state index in [0.29, 0.717) is 24.4 Å². The van der Waals surface area contributed by atoms with Gasteiger partial charge in [-0.3, -0.25) is 0 Å². The van der Waals surface area contributed by atoms with Crippen molar-refractivity contribution in [2.45, 2.75) is 45.2 Å². The molecule has 1 atom stereocenters. The standard InChI is InChI=1S/C16H22N4O/c1-16(2,3)18-10-14-19-20-15(21-14)17-9-12-8-11-6-4-5-7-13(11)12/h4-7,12,18H,8-10H2,1-3H3,(H,17,20). The number of nitrogens with zero attached hydrogens (tertiary/aromatic N) is 2. The molecule has 0 radical (unpaired) electrons. The molecule has 1 heterocycles. The van der Waals surface area contributed by atoms with Crippen molar-refractivity contribution < 1.29 is 4.42 Å². The van der Waals surface area contributed by atoms with Gasteiger partial charge in [-0.2, -0.15) is 0 Å². The largest absolute Gasteiger partial charge is 0.407 e. The highest BCUT2D eigenvalue weighted by Gasteiger charge is 2.25. The van der Waals surface area contributed by atoms with Gasteiger partial charge in [-0.25, -0.2) is 0 Å². The zero-order chi connectivity index (χ0) is 14.9. The zero-order valence-electron chi connectivity index (χ0n) is 12.8. The summed E-state index contributed by atoms with van der Waals surface area (Å²) in [4.78, 5) is 0. The monoisotopic (exact) mass is 286 g/mol. The number of hydrogen-bond donors (Lipinski definition) is 2. The summed E-state index contributed by atoms with van der Waals surface area (Å²) in [6, 6.07) is 9.07. The number of hydrogen-bond acceptors (Lipinski definition) is 5. The third kappa shape index (κ3) is 3.42. The molecule has 0 amide bonds. The van der Waals surface area contributed by atoms with Gasteiger partial charge in [0.15, 0.2) is 0 Å². The number of fused-ring (bicyclic) bond motifs is 1. The highest BCUT2D eigenvalue weighted by molar-refractivity contribution is 5.41. The minimum Gasteiger partial charge on any atom is -0.407 e. The SMILES string of the molecule is CC(C)(C)NCc1nnc(NCC2Cc3ccccc32)o1. The molecule has 0 spiro atoms. The van der Waals surface area contributed by atoms with Crippen LogP contribution in [-0.2, 0) is 13.0 Å². The highest BCUT2D eigenvalue weighted by Crippen LogP contribution is 2.34. The summed E-state index contributed by atoms with van der Waals surface area (Å²) in [5, 5.41) is 14.6. The molecule has 112 valence electrons. The van der Waals surface area contributed by atoms with E-state index in [2.05, 4.69) is 65.9 Å². The Bertz CT molecular complexity index is 615. The van der Waals surface area contributed by atoms with Crippen LogP contribution in [0.5, 0.6) is 0 Å². The normalized spacial score (nSPS) is 17.2. The summed E-state index contributed by atoms with van der Waals surface area (Å²) in [5.74, 6) is 1.16. The van der Waals surface area contributed by atoms with Crippen LogP contribution in [0.2, 0.25) is 0 Å². The fourth-order valence-corrected chi connectivity index (χ4v) is 2.49. The number of anilines is 1. The first-order valence-electron chi connectivity index (χ1n) is 7.40. The topological polar surface area (TPSA) is 63.0 Å². The third-order valence-corrected chi connectivity index (χ3v) is 3.70. The molecule has 1 aromatic carbocycles. The Kier molecular flexibility index (Phi) is 3.68. The number of nitrogens with one attached hydrogen (secondary N) is 2. The van der Waals surface area contributed by atoms with E-state index < -0.39 is 0 Å². The van der Waals surface area contributed by atoms with E-state index in [9.17, 15) is 0 Å². The maximum absolute atomic E-state index is 5.59. The maximum Gasteiger partial charge on any atom is 0.315 e. The number of benzene rings is 1. The second-order valence-corrected chi connectivity index (χ2v) is 6.59. The van der Waals surface area contributed by atoms with Crippen LogP contribution in [0, 0.1) is 0 Å². The summed E-state index contributed by atoms with van der Waals surface area (Å²) in [6.07, 6.45) is 1.12. The van der Waals surface area contributed by atoms with E-state index in [1.54, 1.807) is 0 Å². The summed E-state index contributed by atoms with van der Waals surface area (Å²) >= 11 is 0. The van der Waals surface area contributed by atoms with Crippen molar-refractivity contribution in [1.29, 1.82) is 0 Å². The minimum absolute atomic E-state index is 0.0394. The lowest BCUT2D eigenvalue weighted by Gasteiger charge is -2.29. The Labute approximate surface area is 125 Å². The summed E-state index contributed by atoms with van der Waals surface area (Å²) < 4.78 is 5.59. The van der Waals surface area contributed by atoms with Crippen LogP contribution in [0.25, 0.3) is 0 Å². The maximum atomic E-state index is 5.59. The summed E-state index contributed by atoms with van der Waals surface area (Å²) in [7, 11) is 0. The van der Waals surface area contributed by atoms with E-state index >= 15 is 0 Å². The van der Waals surface area contributed by atoms with Gasteiger partial charge in [0.1, 0.15) is 0 Å². The van der Waals surface area contributed by atoms with Crippen molar-refractivity contribution in [2.75, 3.05) is 11.9 Å². The van der Waals surface area contributed by atoms with Crippen LogP contribution >= 0.6 is 0 Å². The molecule has 3 rings (SSSR count). The van der Waals surface area contributed by atoms with Gasteiger partial charge >= 0.3 is 6.01 Å². The van der Waals surface area contributed by atoms with Gasteiger partial charge in [-0.15, -0.1) is 5.10 Å². The van der Waals surface area contributed by atoms with Crippen molar-refractivity contribution in [3.8, 4) is 0 Å². The molecule has 1 aliphatic carbocycles. The number of aromatic nitrogens is 2. The Balaban J connectivity index is 1.50. The molecule has 2 N–H and O–H groups in total. The lowest BCUT2D eigenvalue weighted by Crippen LogP contribution is -2.35. The average molecular weight is 286 g/mol. The molecule has 1 aromatic heterocycles. The van der Waals surface area contributed by atoms with Crippen molar-refractivity contribution >= 4 is 6.01 Å². The predicted molar refractivity (Wildman–Crippen MR) is 82.3 cm³/mol. The fraction of sp³-hybridized carbons (Fsp3) is 0.500. The predicted octanol–water partition coefficient (Wildman–Crippen LogP) is 2.71.